The Bertz CT molecular complexity index is 239. The standard InChI is InChI=1S/C11H20N2O2/c1-8(14)10-4-2-3-5-13(10)11(15)9-6-12-7-9/h8-10,12,14H,2-7H2,1H3. The quantitative estimate of drug-likeness (QED) is 0.676. The van der Waals surface area contributed by atoms with E-state index in [4.69, 9.17) is 0 Å². The lowest BCUT2D eigenvalue weighted by atomic mass is 9.94. The first-order chi connectivity index (χ1) is 7.20. The third-order valence-electron chi connectivity index (χ3n) is 3.52. The Morgan fingerprint density at radius 1 is 1.47 bits per heavy atom. The van der Waals surface area contributed by atoms with Crippen molar-refractivity contribution in [2.75, 3.05) is 19.6 Å². The van der Waals surface area contributed by atoms with Crippen LogP contribution in [0.25, 0.3) is 0 Å². The lowest BCUT2D eigenvalue weighted by Crippen LogP contribution is -2.57. The molecule has 2 rings (SSSR count). The molecule has 2 N–H and O–H groups in total. The number of amides is 1. The molecule has 0 aromatic heterocycles. The number of hydrogen-bond acceptors (Lipinski definition) is 3. The molecular weight excluding hydrogens is 192 g/mol. The Kier molecular flexibility index (Phi) is 3.26. The average molecular weight is 212 g/mol. The van der Waals surface area contributed by atoms with Gasteiger partial charge in [0.15, 0.2) is 0 Å². The number of piperidine rings is 1. The lowest BCUT2D eigenvalue weighted by Gasteiger charge is -2.41. The summed E-state index contributed by atoms with van der Waals surface area (Å²) < 4.78 is 0. The molecular formula is C11H20N2O2. The second kappa shape index (κ2) is 4.49. The first kappa shape index (κ1) is 10.9. The van der Waals surface area contributed by atoms with Crippen molar-refractivity contribution in [2.45, 2.75) is 38.3 Å². The highest BCUT2D eigenvalue weighted by atomic mass is 16.3. The topological polar surface area (TPSA) is 52.6 Å². The lowest BCUT2D eigenvalue weighted by molar-refractivity contribution is -0.143. The summed E-state index contributed by atoms with van der Waals surface area (Å²) in [7, 11) is 0. The molecule has 0 aromatic rings. The summed E-state index contributed by atoms with van der Waals surface area (Å²) in [6.07, 6.45) is 2.75. The van der Waals surface area contributed by atoms with Gasteiger partial charge in [-0.05, 0) is 26.2 Å². The van der Waals surface area contributed by atoms with Crippen molar-refractivity contribution >= 4 is 5.91 Å². The average Bonchev–Trinajstić information content (AvgIpc) is 2.15. The van der Waals surface area contributed by atoms with Gasteiger partial charge in [0.1, 0.15) is 0 Å². The smallest absolute Gasteiger partial charge is 0.228 e. The zero-order valence-corrected chi connectivity index (χ0v) is 9.28. The molecule has 0 radical (unpaired) electrons. The molecule has 4 heteroatoms. The van der Waals surface area contributed by atoms with E-state index in [0.29, 0.717) is 0 Å². The zero-order valence-electron chi connectivity index (χ0n) is 9.28. The molecule has 4 nitrogen and oxygen atoms in total. The van der Waals surface area contributed by atoms with Crippen molar-refractivity contribution in [3.8, 4) is 0 Å². The van der Waals surface area contributed by atoms with Crippen LogP contribution in [0.15, 0.2) is 0 Å². The predicted octanol–water partition coefficient (Wildman–Crippen LogP) is -0.0323. The molecule has 2 fully saturated rings. The number of carbonyl (C=O) groups is 1. The van der Waals surface area contributed by atoms with Crippen molar-refractivity contribution < 1.29 is 9.90 Å². The fourth-order valence-electron chi connectivity index (χ4n) is 2.43. The van der Waals surface area contributed by atoms with E-state index < -0.39 is 6.10 Å². The predicted molar refractivity (Wildman–Crippen MR) is 57.4 cm³/mol. The molecule has 2 unspecified atom stereocenters. The van der Waals surface area contributed by atoms with E-state index in [1.165, 1.54) is 0 Å². The van der Waals surface area contributed by atoms with Crippen molar-refractivity contribution in [3.05, 3.63) is 0 Å². The van der Waals surface area contributed by atoms with Crippen LogP contribution in [0.5, 0.6) is 0 Å². The van der Waals surface area contributed by atoms with Crippen LogP contribution in [-0.2, 0) is 4.79 Å². The number of likely N-dealkylation sites (tertiary alicyclic amines) is 1. The van der Waals surface area contributed by atoms with Crippen LogP contribution in [0.4, 0.5) is 0 Å². The summed E-state index contributed by atoms with van der Waals surface area (Å²) in [6.45, 7) is 4.23. The first-order valence-electron chi connectivity index (χ1n) is 5.89. The van der Waals surface area contributed by atoms with E-state index in [-0.39, 0.29) is 17.9 Å². The van der Waals surface area contributed by atoms with Gasteiger partial charge in [-0.2, -0.15) is 0 Å². The van der Waals surface area contributed by atoms with E-state index in [0.717, 1.165) is 38.9 Å². The summed E-state index contributed by atoms with van der Waals surface area (Å²) in [6, 6.07) is 0.0480. The molecule has 2 saturated heterocycles. The third-order valence-corrected chi connectivity index (χ3v) is 3.52. The van der Waals surface area contributed by atoms with E-state index >= 15 is 0 Å². The molecule has 2 aliphatic heterocycles. The summed E-state index contributed by atoms with van der Waals surface area (Å²) in [5.41, 5.74) is 0. The van der Waals surface area contributed by atoms with Crippen LogP contribution in [0.2, 0.25) is 0 Å². The minimum Gasteiger partial charge on any atom is -0.391 e. The molecule has 1 amide bonds. The first-order valence-corrected chi connectivity index (χ1v) is 5.89. The number of aliphatic hydroxyl groups excluding tert-OH is 1. The maximum Gasteiger partial charge on any atom is 0.228 e. The van der Waals surface area contributed by atoms with Gasteiger partial charge in [0.25, 0.3) is 0 Å². The highest BCUT2D eigenvalue weighted by molar-refractivity contribution is 5.80. The number of nitrogens with one attached hydrogen (secondary N) is 1. The second-order valence-electron chi connectivity index (χ2n) is 4.69. The van der Waals surface area contributed by atoms with E-state index in [2.05, 4.69) is 5.32 Å². The van der Waals surface area contributed by atoms with E-state index in [1.807, 2.05) is 4.90 Å². The highest BCUT2D eigenvalue weighted by Crippen LogP contribution is 2.22. The fraction of sp³-hybridized carbons (Fsp3) is 0.909. The minimum absolute atomic E-state index is 0.0480. The van der Waals surface area contributed by atoms with Crippen molar-refractivity contribution in [2.24, 2.45) is 5.92 Å². The van der Waals surface area contributed by atoms with Crippen LogP contribution in [-0.4, -0.2) is 47.7 Å². The van der Waals surface area contributed by atoms with Crippen LogP contribution in [0.3, 0.4) is 0 Å². The van der Waals surface area contributed by atoms with Gasteiger partial charge in [-0.1, -0.05) is 0 Å². The number of aliphatic hydroxyl groups is 1. The highest BCUT2D eigenvalue weighted by Gasteiger charge is 2.35. The van der Waals surface area contributed by atoms with E-state index in [9.17, 15) is 9.90 Å². The largest absolute Gasteiger partial charge is 0.391 e. The fourth-order valence-corrected chi connectivity index (χ4v) is 2.43. The summed E-state index contributed by atoms with van der Waals surface area (Å²) in [5, 5.41) is 12.8. The van der Waals surface area contributed by atoms with Crippen molar-refractivity contribution in [1.82, 2.24) is 10.2 Å². The Morgan fingerprint density at radius 2 is 2.20 bits per heavy atom. The number of nitrogens with zero attached hydrogens (tertiary/aromatic N) is 1. The van der Waals surface area contributed by atoms with Gasteiger partial charge >= 0.3 is 0 Å². The second-order valence-corrected chi connectivity index (χ2v) is 4.69. The molecule has 0 saturated carbocycles. The van der Waals surface area contributed by atoms with Gasteiger partial charge in [0.05, 0.1) is 18.1 Å². The van der Waals surface area contributed by atoms with Crippen LogP contribution in [0.1, 0.15) is 26.2 Å². The van der Waals surface area contributed by atoms with E-state index in [1.54, 1.807) is 6.92 Å². The SMILES string of the molecule is CC(O)C1CCCCN1C(=O)C1CNC1. The van der Waals surface area contributed by atoms with Gasteiger partial charge in [0.2, 0.25) is 5.91 Å². The van der Waals surface area contributed by atoms with Gasteiger partial charge < -0.3 is 15.3 Å². The molecule has 15 heavy (non-hydrogen) atoms. The normalized spacial score (nSPS) is 29.7. The zero-order chi connectivity index (χ0) is 10.8. The Balaban J connectivity index is 1.99. The Hall–Kier alpha value is -0.610. The van der Waals surface area contributed by atoms with Crippen molar-refractivity contribution in [3.63, 3.8) is 0 Å². The summed E-state index contributed by atoms with van der Waals surface area (Å²) >= 11 is 0. The molecule has 2 heterocycles. The molecule has 86 valence electrons. The van der Waals surface area contributed by atoms with Gasteiger partial charge in [-0.3, -0.25) is 4.79 Å². The Morgan fingerprint density at radius 3 is 2.73 bits per heavy atom. The number of carbonyl (C=O) groups excluding carboxylic acids is 1. The molecule has 0 spiro atoms. The number of rotatable bonds is 2. The maximum absolute atomic E-state index is 12.1. The van der Waals surface area contributed by atoms with Crippen LogP contribution in [0, 0.1) is 5.92 Å². The summed E-state index contributed by atoms with van der Waals surface area (Å²) in [4.78, 5) is 14.0. The molecule has 0 aromatic carbocycles. The Labute approximate surface area is 90.6 Å². The molecule has 2 atom stereocenters. The molecule has 2 aliphatic rings. The minimum atomic E-state index is -0.401. The maximum atomic E-state index is 12.1. The number of hydrogen-bond donors (Lipinski definition) is 2. The van der Waals surface area contributed by atoms with Crippen LogP contribution >= 0.6 is 0 Å². The van der Waals surface area contributed by atoms with Crippen molar-refractivity contribution in [1.29, 1.82) is 0 Å². The summed E-state index contributed by atoms with van der Waals surface area (Å²) in [5.74, 6) is 0.392. The monoisotopic (exact) mass is 212 g/mol. The van der Waals surface area contributed by atoms with Gasteiger partial charge in [-0.25, -0.2) is 0 Å². The van der Waals surface area contributed by atoms with Crippen LogP contribution < -0.4 is 5.32 Å². The third kappa shape index (κ3) is 2.16. The molecule has 0 aliphatic carbocycles. The molecule has 0 bridgehead atoms. The van der Waals surface area contributed by atoms with Gasteiger partial charge in [0, 0.05) is 19.6 Å². The van der Waals surface area contributed by atoms with Gasteiger partial charge in [-0.15, -0.1) is 0 Å².